The number of methoxy groups -OCH3 is 1. The summed E-state index contributed by atoms with van der Waals surface area (Å²) in [6.45, 7) is 0. The van der Waals surface area contributed by atoms with Crippen LogP contribution in [0.25, 0.3) is 0 Å². The Labute approximate surface area is 176 Å². The third-order valence-corrected chi connectivity index (χ3v) is 5.22. The molecule has 0 spiro atoms. The maximum absolute atomic E-state index is 13.4. The van der Waals surface area contributed by atoms with Crippen LogP contribution in [0.1, 0.15) is 35.6 Å². The molecule has 0 saturated heterocycles. The molecule has 1 fully saturated rings. The third-order valence-electron chi connectivity index (χ3n) is 5.22. The van der Waals surface area contributed by atoms with Crippen molar-refractivity contribution in [2.45, 2.75) is 31.3 Å². The normalized spacial score (nSPS) is 14.1. The van der Waals surface area contributed by atoms with E-state index in [1.165, 1.54) is 17.7 Å². The summed E-state index contributed by atoms with van der Waals surface area (Å²) in [5.74, 6) is 0.365. The molecule has 0 aromatic heterocycles. The lowest BCUT2D eigenvalue weighted by Gasteiger charge is -2.21. The Morgan fingerprint density at radius 2 is 1.80 bits per heavy atom. The Hall–Kier alpha value is -3.34. The van der Waals surface area contributed by atoms with E-state index in [9.17, 15) is 9.18 Å². The van der Waals surface area contributed by atoms with E-state index < -0.39 is 6.04 Å². The van der Waals surface area contributed by atoms with E-state index in [2.05, 4.69) is 22.8 Å². The summed E-state index contributed by atoms with van der Waals surface area (Å²) in [7, 11) is 1.65. The van der Waals surface area contributed by atoms with Gasteiger partial charge >= 0.3 is 0 Å². The molecule has 1 atom stereocenters. The highest BCUT2D eigenvalue weighted by molar-refractivity contribution is 5.86. The first-order valence-electron chi connectivity index (χ1n) is 10.2. The van der Waals surface area contributed by atoms with Gasteiger partial charge in [0.15, 0.2) is 0 Å². The number of carbonyl (C=O) groups excluding carboxylic acids is 1. The van der Waals surface area contributed by atoms with E-state index >= 15 is 0 Å². The number of carbonyl (C=O) groups is 1. The van der Waals surface area contributed by atoms with Crippen LogP contribution in [0.15, 0.2) is 72.8 Å². The fraction of sp³-hybridized carbons (Fsp3) is 0.240. The second kappa shape index (κ2) is 8.99. The van der Waals surface area contributed by atoms with Crippen LogP contribution in [0.5, 0.6) is 5.75 Å². The molecule has 4 nitrogen and oxygen atoms in total. The molecule has 2 N–H and O–H groups in total. The molecular weight excluding hydrogens is 379 g/mol. The average Bonchev–Trinajstić information content (AvgIpc) is 3.58. The van der Waals surface area contributed by atoms with Crippen LogP contribution < -0.4 is 15.4 Å². The fourth-order valence-electron chi connectivity index (χ4n) is 3.46. The summed E-state index contributed by atoms with van der Waals surface area (Å²) < 4.78 is 18.9. The molecule has 0 bridgehead atoms. The van der Waals surface area contributed by atoms with Crippen LogP contribution in [0.2, 0.25) is 0 Å². The van der Waals surface area contributed by atoms with Crippen molar-refractivity contribution in [3.8, 4) is 5.75 Å². The molecule has 4 rings (SSSR count). The quantitative estimate of drug-likeness (QED) is 0.564. The maximum atomic E-state index is 13.4. The summed E-state index contributed by atoms with van der Waals surface area (Å²) in [5, 5.41) is 6.38. The fourth-order valence-corrected chi connectivity index (χ4v) is 3.46. The number of ether oxygens (including phenoxy) is 1. The molecule has 1 aliphatic rings. The lowest BCUT2D eigenvalue weighted by atomic mass is 10.0. The summed E-state index contributed by atoms with van der Waals surface area (Å²) in [6.07, 6.45) is 2.73. The number of hydrogen-bond acceptors (Lipinski definition) is 3. The summed E-state index contributed by atoms with van der Waals surface area (Å²) in [5.41, 5.74) is 3.72. The van der Waals surface area contributed by atoms with Gasteiger partial charge in [0.05, 0.1) is 7.11 Å². The van der Waals surface area contributed by atoms with Crippen LogP contribution in [0, 0.1) is 5.82 Å². The second-order valence-corrected chi connectivity index (χ2v) is 7.60. The Kier molecular flexibility index (Phi) is 5.98. The molecule has 1 saturated carbocycles. The van der Waals surface area contributed by atoms with Gasteiger partial charge in [-0.25, -0.2) is 4.39 Å². The topological polar surface area (TPSA) is 50.4 Å². The predicted molar refractivity (Wildman–Crippen MR) is 116 cm³/mol. The minimum absolute atomic E-state index is 0.107. The molecule has 0 aliphatic heterocycles. The Morgan fingerprint density at radius 3 is 2.47 bits per heavy atom. The van der Waals surface area contributed by atoms with Gasteiger partial charge in [-0.2, -0.15) is 0 Å². The van der Waals surface area contributed by atoms with Crippen molar-refractivity contribution in [3.63, 3.8) is 0 Å². The van der Waals surface area contributed by atoms with Crippen molar-refractivity contribution >= 4 is 11.6 Å². The van der Waals surface area contributed by atoms with Gasteiger partial charge in [-0.3, -0.25) is 4.79 Å². The van der Waals surface area contributed by atoms with Crippen LogP contribution in [0.3, 0.4) is 0 Å². The smallest absolute Gasteiger partial charge is 0.247 e. The Balaban J connectivity index is 1.60. The third kappa shape index (κ3) is 4.98. The van der Waals surface area contributed by atoms with E-state index in [0.29, 0.717) is 0 Å². The van der Waals surface area contributed by atoms with Crippen molar-refractivity contribution in [3.05, 3.63) is 95.3 Å². The summed E-state index contributed by atoms with van der Waals surface area (Å²) in [6, 6.07) is 21.7. The minimum atomic E-state index is -0.607. The van der Waals surface area contributed by atoms with Gasteiger partial charge in [0.25, 0.3) is 0 Å². The molecular formula is C25H25FN2O2. The molecule has 1 aliphatic carbocycles. The molecule has 1 unspecified atom stereocenters. The lowest BCUT2D eigenvalue weighted by Crippen LogP contribution is -2.34. The monoisotopic (exact) mass is 404 g/mol. The number of rotatable bonds is 8. The van der Waals surface area contributed by atoms with Gasteiger partial charge in [0.1, 0.15) is 17.6 Å². The van der Waals surface area contributed by atoms with Gasteiger partial charge in [-0.15, -0.1) is 0 Å². The number of nitrogens with one attached hydrogen (secondary N) is 2. The van der Waals surface area contributed by atoms with Gasteiger partial charge < -0.3 is 15.4 Å². The van der Waals surface area contributed by atoms with Gasteiger partial charge in [-0.05, 0) is 54.3 Å². The van der Waals surface area contributed by atoms with Crippen molar-refractivity contribution in [2.24, 2.45) is 0 Å². The van der Waals surface area contributed by atoms with E-state index in [0.717, 1.165) is 41.8 Å². The highest BCUT2D eigenvalue weighted by atomic mass is 19.1. The van der Waals surface area contributed by atoms with Crippen LogP contribution >= 0.6 is 0 Å². The molecule has 5 heteroatoms. The minimum Gasteiger partial charge on any atom is -0.496 e. The van der Waals surface area contributed by atoms with Gasteiger partial charge in [-0.1, -0.05) is 42.5 Å². The highest BCUT2D eigenvalue weighted by Gasteiger charge is 2.28. The largest absolute Gasteiger partial charge is 0.496 e. The average molecular weight is 404 g/mol. The molecule has 30 heavy (non-hydrogen) atoms. The zero-order valence-corrected chi connectivity index (χ0v) is 16.9. The summed E-state index contributed by atoms with van der Waals surface area (Å²) in [4.78, 5) is 12.9. The molecule has 0 heterocycles. The van der Waals surface area contributed by atoms with Crippen LogP contribution in [0.4, 0.5) is 10.1 Å². The molecule has 0 radical (unpaired) electrons. The van der Waals surface area contributed by atoms with Crippen molar-refractivity contribution in [1.82, 2.24) is 5.32 Å². The zero-order valence-electron chi connectivity index (χ0n) is 16.9. The number of halogens is 1. The zero-order chi connectivity index (χ0) is 20.9. The Bertz CT molecular complexity index is 1000. The first-order valence-corrected chi connectivity index (χ1v) is 10.2. The second-order valence-electron chi connectivity index (χ2n) is 7.60. The number of hydrogen-bond donors (Lipinski definition) is 2. The van der Waals surface area contributed by atoms with E-state index in [1.54, 1.807) is 19.2 Å². The number of amides is 1. The van der Waals surface area contributed by atoms with Crippen molar-refractivity contribution in [1.29, 1.82) is 0 Å². The number of benzene rings is 3. The predicted octanol–water partition coefficient (Wildman–Crippen LogP) is 4.86. The molecule has 154 valence electrons. The molecule has 3 aromatic carbocycles. The van der Waals surface area contributed by atoms with Crippen LogP contribution in [-0.2, 0) is 11.2 Å². The Morgan fingerprint density at radius 1 is 1.07 bits per heavy atom. The van der Waals surface area contributed by atoms with Crippen molar-refractivity contribution < 1.29 is 13.9 Å². The SMILES string of the molecule is COc1ccc(NC(C(=O)NC2CC2)c2ccc(F)cc2)cc1Cc1ccccc1. The van der Waals surface area contributed by atoms with Crippen molar-refractivity contribution in [2.75, 3.05) is 12.4 Å². The highest BCUT2D eigenvalue weighted by Crippen LogP contribution is 2.29. The van der Waals surface area contributed by atoms with E-state index in [1.807, 2.05) is 36.4 Å². The summed E-state index contributed by atoms with van der Waals surface area (Å²) >= 11 is 0. The lowest BCUT2D eigenvalue weighted by molar-refractivity contribution is -0.122. The standard InChI is InChI=1S/C25H25FN2O2/c1-30-23-14-13-22(16-19(23)15-17-5-3-2-4-6-17)27-24(25(29)28-21-11-12-21)18-7-9-20(26)10-8-18/h2-10,13-14,16,21,24,27H,11-12,15H2,1H3,(H,28,29). The van der Waals surface area contributed by atoms with E-state index in [4.69, 9.17) is 4.74 Å². The van der Waals surface area contributed by atoms with Crippen LogP contribution in [-0.4, -0.2) is 19.1 Å². The molecule has 1 amide bonds. The molecule has 3 aromatic rings. The first kappa shape index (κ1) is 20.0. The first-order chi connectivity index (χ1) is 14.6. The number of anilines is 1. The maximum Gasteiger partial charge on any atom is 0.247 e. The van der Waals surface area contributed by atoms with E-state index in [-0.39, 0.29) is 17.8 Å². The van der Waals surface area contributed by atoms with Gasteiger partial charge in [0, 0.05) is 23.7 Å². The van der Waals surface area contributed by atoms with Gasteiger partial charge in [0.2, 0.25) is 5.91 Å².